The molecule has 2 atom stereocenters. The Bertz CT molecular complexity index is 660. The van der Waals surface area contributed by atoms with Crippen molar-refractivity contribution in [2.75, 3.05) is 0 Å². The molecule has 3 rings (SSSR count). The van der Waals surface area contributed by atoms with E-state index in [1.807, 2.05) is 29.8 Å². The molecule has 1 N–H and O–H groups in total. The Morgan fingerprint density at radius 2 is 2.21 bits per heavy atom. The first kappa shape index (κ1) is 11.9. The van der Waals surface area contributed by atoms with Crippen LogP contribution in [0.25, 0.3) is 11.0 Å². The van der Waals surface area contributed by atoms with Crippen molar-refractivity contribution >= 4 is 17.0 Å². The van der Waals surface area contributed by atoms with Crippen LogP contribution in [0.3, 0.4) is 0 Å². The number of fused-ring (bicyclic) bond motifs is 1. The van der Waals surface area contributed by atoms with E-state index in [1.165, 1.54) is 0 Å². The van der Waals surface area contributed by atoms with Crippen LogP contribution in [0.1, 0.15) is 24.6 Å². The number of aromatic nitrogens is 3. The molecule has 0 saturated carbocycles. The smallest absolute Gasteiger partial charge is 0.307 e. The van der Waals surface area contributed by atoms with E-state index in [-0.39, 0.29) is 5.92 Å². The Morgan fingerprint density at radius 1 is 1.42 bits per heavy atom. The summed E-state index contributed by atoms with van der Waals surface area (Å²) in [5.74, 6) is -0.382. The normalized spacial score (nSPS) is 22.8. The van der Waals surface area contributed by atoms with Gasteiger partial charge in [0.15, 0.2) is 0 Å². The van der Waals surface area contributed by atoms with Crippen LogP contribution >= 0.6 is 0 Å². The lowest BCUT2D eigenvalue weighted by molar-refractivity contribution is -0.142. The van der Waals surface area contributed by atoms with Gasteiger partial charge in [0.05, 0.1) is 17.6 Å². The highest BCUT2D eigenvalue weighted by atomic mass is 16.4. The highest BCUT2D eigenvalue weighted by Gasteiger charge is 2.32. The van der Waals surface area contributed by atoms with E-state index >= 15 is 0 Å². The average molecular weight is 257 g/mol. The minimum atomic E-state index is -0.750. The average Bonchev–Trinajstić information content (AvgIpc) is 2.76. The minimum absolute atomic E-state index is 0.0695. The van der Waals surface area contributed by atoms with Gasteiger partial charge in [-0.25, -0.2) is 4.98 Å². The summed E-state index contributed by atoms with van der Waals surface area (Å²) in [6.45, 7) is 0. The van der Waals surface area contributed by atoms with Crippen LogP contribution in [0.5, 0.6) is 0 Å². The third kappa shape index (κ3) is 1.91. The number of pyridine rings is 1. The molecule has 0 fully saturated rings. The summed E-state index contributed by atoms with van der Waals surface area (Å²) in [6.07, 6.45) is 8.72. The number of carboxylic acid groups (broad SMARTS) is 1. The summed E-state index contributed by atoms with van der Waals surface area (Å²) >= 11 is 0. The minimum Gasteiger partial charge on any atom is -0.481 e. The van der Waals surface area contributed by atoms with Crippen molar-refractivity contribution in [3.8, 4) is 0 Å². The molecule has 19 heavy (non-hydrogen) atoms. The summed E-state index contributed by atoms with van der Waals surface area (Å²) in [5.41, 5.74) is 1.81. The molecule has 5 nitrogen and oxygen atoms in total. The van der Waals surface area contributed by atoms with E-state index in [9.17, 15) is 9.90 Å². The van der Waals surface area contributed by atoms with Crippen molar-refractivity contribution in [3.05, 3.63) is 36.4 Å². The van der Waals surface area contributed by atoms with Gasteiger partial charge >= 0.3 is 5.97 Å². The Morgan fingerprint density at radius 3 is 2.95 bits per heavy atom. The molecular formula is C14H15N3O2. The van der Waals surface area contributed by atoms with Gasteiger partial charge < -0.3 is 9.67 Å². The fourth-order valence-electron chi connectivity index (χ4n) is 2.77. The fraction of sp³-hybridized carbons (Fsp3) is 0.357. The van der Waals surface area contributed by atoms with Crippen molar-refractivity contribution in [1.82, 2.24) is 14.5 Å². The number of aryl methyl sites for hydroxylation is 1. The van der Waals surface area contributed by atoms with E-state index < -0.39 is 11.9 Å². The molecule has 0 amide bonds. The first-order valence-corrected chi connectivity index (χ1v) is 6.32. The lowest BCUT2D eigenvalue weighted by atomic mass is 9.82. The molecule has 0 bridgehead atoms. The van der Waals surface area contributed by atoms with Crippen molar-refractivity contribution in [2.24, 2.45) is 13.0 Å². The number of rotatable bonds is 2. The van der Waals surface area contributed by atoms with Crippen molar-refractivity contribution in [1.29, 1.82) is 0 Å². The van der Waals surface area contributed by atoms with E-state index in [4.69, 9.17) is 0 Å². The number of nitrogens with zero attached hydrogens (tertiary/aromatic N) is 3. The largest absolute Gasteiger partial charge is 0.481 e. The van der Waals surface area contributed by atoms with Gasteiger partial charge in [0.2, 0.25) is 0 Å². The van der Waals surface area contributed by atoms with Crippen LogP contribution in [0.2, 0.25) is 0 Å². The summed E-state index contributed by atoms with van der Waals surface area (Å²) in [5, 5.41) is 9.35. The molecule has 1 aliphatic rings. The van der Waals surface area contributed by atoms with Crippen molar-refractivity contribution < 1.29 is 9.90 Å². The predicted octanol–water partition coefficient (Wildman–Crippen LogP) is 2.10. The van der Waals surface area contributed by atoms with Gasteiger partial charge in [-0.05, 0) is 18.9 Å². The zero-order valence-electron chi connectivity index (χ0n) is 10.7. The maximum Gasteiger partial charge on any atom is 0.307 e. The Labute approximate surface area is 110 Å². The van der Waals surface area contributed by atoms with Gasteiger partial charge in [-0.15, -0.1) is 0 Å². The first-order chi connectivity index (χ1) is 9.18. The molecule has 0 aliphatic heterocycles. The Balaban J connectivity index is 2.10. The predicted molar refractivity (Wildman–Crippen MR) is 70.7 cm³/mol. The van der Waals surface area contributed by atoms with E-state index in [2.05, 4.69) is 9.97 Å². The molecule has 0 radical (unpaired) electrons. The van der Waals surface area contributed by atoms with Gasteiger partial charge in [-0.2, -0.15) is 0 Å². The number of carbonyl (C=O) groups is 1. The third-order valence-electron chi connectivity index (χ3n) is 3.80. The van der Waals surface area contributed by atoms with Gasteiger partial charge in [0, 0.05) is 19.2 Å². The van der Waals surface area contributed by atoms with Gasteiger partial charge in [0.1, 0.15) is 11.3 Å². The molecule has 2 aromatic rings. The molecule has 5 heteroatoms. The third-order valence-corrected chi connectivity index (χ3v) is 3.80. The highest BCUT2D eigenvalue weighted by molar-refractivity contribution is 5.76. The van der Waals surface area contributed by atoms with E-state index in [0.29, 0.717) is 6.42 Å². The van der Waals surface area contributed by atoms with Crippen LogP contribution in [0.4, 0.5) is 0 Å². The molecular weight excluding hydrogens is 242 g/mol. The molecule has 2 unspecified atom stereocenters. The summed E-state index contributed by atoms with van der Waals surface area (Å²) in [6, 6.07) is 1.90. The standard InChI is InChI=1S/C14H15N3O2/c1-17-12-6-7-15-8-11(12)16-13(17)9-4-2-3-5-10(9)14(18)19/h2-3,6-10H,4-5H2,1H3,(H,18,19). The maximum atomic E-state index is 11.4. The molecule has 0 spiro atoms. The Hall–Kier alpha value is -2.17. The summed E-state index contributed by atoms with van der Waals surface area (Å²) in [4.78, 5) is 20.0. The second-order valence-electron chi connectivity index (χ2n) is 4.89. The molecule has 98 valence electrons. The topological polar surface area (TPSA) is 68.0 Å². The van der Waals surface area contributed by atoms with Gasteiger partial charge in [-0.1, -0.05) is 12.2 Å². The monoisotopic (exact) mass is 257 g/mol. The van der Waals surface area contributed by atoms with Crippen LogP contribution in [0, 0.1) is 5.92 Å². The van der Waals surface area contributed by atoms with Gasteiger partial charge in [-0.3, -0.25) is 9.78 Å². The molecule has 0 saturated heterocycles. The first-order valence-electron chi connectivity index (χ1n) is 6.32. The zero-order valence-corrected chi connectivity index (χ0v) is 10.7. The number of aliphatic carboxylic acids is 1. The second kappa shape index (κ2) is 4.50. The summed E-state index contributed by atoms with van der Waals surface area (Å²) < 4.78 is 1.98. The van der Waals surface area contributed by atoms with Crippen molar-refractivity contribution in [3.63, 3.8) is 0 Å². The Kier molecular flexibility index (Phi) is 2.81. The lowest BCUT2D eigenvalue weighted by Gasteiger charge is -2.24. The molecule has 2 heterocycles. The maximum absolute atomic E-state index is 11.4. The van der Waals surface area contributed by atoms with Crippen LogP contribution < -0.4 is 0 Å². The number of carboxylic acids is 1. The number of hydrogen-bond acceptors (Lipinski definition) is 3. The van der Waals surface area contributed by atoms with Crippen LogP contribution in [-0.4, -0.2) is 25.6 Å². The van der Waals surface area contributed by atoms with Crippen molar-refractivity contribution in [2.45, 2.75) is 18.8 Å². The highest BCUT2D eigenvalue weighted by Crippen LogP contribution is 2.35. The zero-order chi connectivity index (χ0) is 13.4. The lowest BCUT2D eigenvalue weighted by Crippen LogP contribution is -2.25. The van der Waals surface area contributed by atoms with Crippen LogP contribution in [0.15, 0.2) is 30.6 Å². The number of allylic oxidation sites excluding steroid dienone is 2. The van der Waals surface area contributed by atoms with E-state index in [0.717, 1.165) is 23.3 Å². The number of imidazole rings is 1. The SMILES string of the molecule is Cn1c(C2CC=CCC2C(=O)O)nc2cnccc21. The number of hydrogen-bond donors (Lipinski definition) is 1. The van der Waals surface area contributed by atoms with E-state index in [1.54, 1.807) is 12.4 Å². The quantitative estimate of drug-likeness (QED) is 0.836. The molecule has 2 aromatic heterocycles. The molecule has 0 aromatic carbocycles. The summed E-state index contributed by atoms with van der Waals surface area (Å²) in [7, 11) is 1.93. The second-order valence-corrected chi connectivity index (χ2v) is 4.89. The molecule has 1 aliphatic carbocycles. The van der Waals surface area contributed by atoms with Crippen LogP contribution in [-0.2, 0) is 11.8 Å². The fourth-order valence-corrected chi connectivity index (χ4v) is 2.77. The van der Waals surface area contributed by atoms with Gasteiger partial charge in [0.25, 0.3) is 0 Å².